The Hall–Kier alpha value is -1.65. The Morgan fingerprint density at radius 3 is 2.81 bits per heavy atom. The second-order valence-corrected chi connectivity index (χ2v) is 6.75. The number of anilines is 1. The number of aryl methyl sites for hydroxylation is 2. The van der Waals surface area contributed by atoms with Gasteiger partial charge in [0, 0.05) is 23.7 Å². The highest BCUT2D eigenvalue weighted by molar-refractivity contribution is 7.10. The van der Waals surface area contributed by atoms with E-state index in [0.29, 0.717) is 6.54 Å². The van der Waals surface area contributed by atoms with E-state index in [1.165, 1.54) is 21.6 Å². The number of fused-ring (bicyclic) bond motifs is 1. The van der Waals surface area contributed by atoms with Gasteiger partial charge in [-0.25, -0.2) is 0 Å². The summed E-state index contributed by atoms with van der Waals surface area (Å²) in [5, 5.41) is 5.15. The molecule has 0 fully saturated rings. The van der Waals surface area contributed by atoms with Crippen molar-refractivity contribution in [2.24, 2.45) is 0 Å². The van der Waals surface area contributed by atoms with Crippen LogP contribution >= 0.6 is 11.3 Å². The van der Waals surface area contributed by atoms with Crippen LogP contribution in [0.25, 0.3) is 0 Å². The molecule has 2 heterocycles. The fourth-order valence-corrected chi connectivity index (χ4v) is 3.78. The predicted octanol–water partition coefficient (Wildman–Crippen LogP) is 3.36. The van der Waals surface area contributed by atoms with Crippen LogP contribution in [0.15, 0.2) is 29.6 Å². The number of carbonyl (C=O) groups excluding carboxylic acids is 1. The fraction of sp³-hybridized carbons (Fsp3) is 0.353. The second kappa shape index (κ2) is 6.00. The van der Waals surface area contributed by atoms with Crippen molar-refractivity contribution in [1.82, 2.24) is 4.90 Å². The zero-order chi connectivity index (χ0) is 14.8. The van der Waals surface area contributed by atoms with Crippen LogP contribution in [-0.2, 0) is 17.8 Å². The van der Waals surface area contributed by atoms with Gasteiger partial charge >= 0.3 is 0 Å². The molecular formula is C17H20N2OS. The van der Waals surface area contributed by atoms with E-state index in [1.54, 1.807) is 0 Å². The molecule has 3 nitrogen and oxygen atoms in total. The second-order valence-electron chi connectivity index (χ2n) is 5.75. The maximum absolute atomic E-state index is 12.2. The van der Waals surface area contributed by atoms with Crippen LogP contribution < -0.4 is 5.32 Å². The molecule has 1 aliphatic rings. The van der Waals surface area contributed by atoms with Gasteiger partial charge < -0.3 is 5.32 Å². The summed E-state index contributed by atoms with van der Waals surface area (Å²) in [6, 6.07) is 8.31. The smallest absolute Gasteiger partial charge is 0.238 e. The Morgan fingerprint density at radius 1 is 1.29 bits per heavy atom. The van der Waals surface area contributed by atoms with Gasteiger partial charge in [0.25, 0.3) is 0 Å². The number of benzene rings is 1. The molecule has 21 heavy (non-hydrogen) atoms. The van der Waals surface area contributed by atoms with Gasteiger partial charge in [0.1, 0.15) is 0 Å². The fourth-order valence-electron chi connectivity index (χ4n) is 2.89. The first-order chi connectivity index (χ1) is 10.1. The minimum absolute atomic E-state index is 0.0682. The summed E-state index contributed by atoms with van der Waals surface area (Å²) >= 11 is 1.82. The minimum Gasteiger partial charge on any atom is -0.325 e. The number of nitrogens with one attached hydrogen (secondary N) is 1. The zero-order valence-corrected chi connectivity index (χ0v) is 13.3. The maximum Gasteiger partial charge on any atom is 0.238 e. The van der Waals surface area contributed by atoms with Gasteiger partial charge in [0.15, 0.2) is 0 Å². The van der Waals surface area contributed by atoms with E-state index in [-0.39, 0.29) is 5.91 Å². The van der Waals surface area contributed by atoms with Crippen molar-refractivity contribution in [1.29, 1.82) is 0 Å². The van der Waals surface area contributed by atoms with Crippen molar-refractivity contribution in [2.75, 3.05) is 18.4 Å². The molecule has 0 bridgehead atoms. The molecule has 0 saturated heterocycles. The molecule has 3 rings (SSSR count). The summed E-state index contributed by atoms with van der Waals surface area (Å²) < 4.78 is 0. The molecule has 1 aromatic carbocycles. The topological polar surface area (TPSA) is 32.3 Å². The first kappa shape index (κ1) is 14.3. The van der Waals surface area contributed by atoms with E-state index in [9.17, 15) is 4.79 Å². The summed E-state index contributed by atoms with van der Waals surface area (Å²) in [5.74, 6) is 0.0682. The van der Waals surface area contributed by atoms with E-state index >= 15 is 0 Å². The Labute approximate surface area is 129 Å². The molecule has 110 valence electrons. The van der Waals surface area contributed by atoms with Crippen molar-refractivity contribution in [3.63, 3.8) is 0 Å². The molecule has 0 aliphatic carbocycles. The van der Waals surface area contributed by atoms with Crippen LogP contribution in [0.4, 0.5) is 5.69 Å². The molecular weight excluding hydrogens is 280 g/mol. The van der Waals surface area contributed by atoms with Crippen molar-refractivity contribution in [2.45, 2.75) is 26.8 Å². The highest BCUT2D eigenvalue weighted by Crippen LogP contribution is 2.23. The van der Waals surface area contributed by atoms with Gasteiger partial charge in [-0.05, 0) is 60.5 Å². The van der Waals surface area contributed by atoms with Gasteiger partial charge in [-0.3, -0.25) is 9.69 Å². The van der Waals surface area contributed by atoms with E-state index in [1.807, 2.05) is 37.3 Å². The highest BCUT2D eigenvalue weighted by atomic mass is 32.1. The first-order valence-electron chi connectivity index (χ1n) is 7.26. The lowest BCUT2D eigenvalue weighted by Gasteiger charge is -2.26. The lowest BCUT2D eigenvalue weighted by molar-refractivity contribution is -0.117. The number of hydrogen-bond acceptors (Lipinski definition) is 3. The molecule has 0 unspecified atom stereocenters. The van der Waals surface area contributed by atoms with Crippen molar-refractivity contribution in [3.05, 3.63) is 51.2 Å². The summed E-state index contributed by atoms with van der Waals surface area (Å²) in [4.78, 5) is 15.9. The highest BCUT2D eigenvalue weighted by Gasteiger charge is 2.19. The Bertz CT molecular complexity index is 642. The molecule has 1 aromatic heterocycles. The number of amides is 1. The number of carbonyl (C=O) groups is 1. The van der Waals surface area contributed by atoms with Gasteiger partial charge in [0.2, 0.25) is 5.91 Å². The molecule has 4 heteroatoms. The van der Waals surface area contributed by atoms with Gasteiger partial charge in [-0.1, -0.05) is 6.07 Å². The maximum atomic E-state index is 12.2. The predicted molar refractivity (Wildman–Crippen MR) is 87.8 cm³/mol. The average Bonchev–Trinajstić information content (AvgIpc) is 2.84. The number of thiophene rings is 1. The third-order valence-electron chi connectivity index (χ3n) is 3.76. The third kappa shape index (κ3) is 3.52. The number of nitrogens with zero attached hydrogens (tertiary/aromatic N) is 1. The molecule has 0 atom stereocenters. The number of rotatable bonds is 3. The lowest BCUT2D eigenvalue weighted by atomic mass is 10.1. The third-order valence-corrected chi connectivity index (χ3v) is 4.78. The van der Waals surface area contributed by atoms with E-state index < -0.39 is 0 Å². The van der Waals surface area contributed by atoms with Gasteiger partial charge in [-0.2, -0.15) is 0 Å². The van der Waals surface area contributed by atoms with Crippen LogP contribution in [0.3, 0.4) is 0 Å². The normalized spacial score (nSPS) is 14.8. The standard InChI is InChI=1S/C17H20N2OS/c1-12-7-13(2)9-15(8-12)18-17(20)11-19-5-3-16-14(10-19)4-6-21-16/h4,6-9H,3,5,10-11H2,1-2H3,(H,18,20). The van der Waals surface area contributed by atoms with E-state index in [2.05, 4.69) is 27.7 Å². The molecule has 0 radical (unpaired) electrons. The van der Waals surface area contributed by atoms with E-state index in [4.69, 9.17) is 0 Å². The van der Waals surface area contributed by atoms with Crippen LogP contribution in [0.2, 0.25) is 0 Å². The number of hydrogen-bond donors (Lipinski definition) is 1. The summed E-state index contributed by atoms with van der Waals surface area (Å²) in [7, 11) is 0. The molecule has 1 N–H and O–H groups in total. The first-order valence-corrected chi connectivity index (χ1v) is 8.14. The van der Waals surface area contributed by atoms with Gasteiger partial charge in [-0.15, -0.1) is 11.3 Å². The summed E-state index contributed by atoms with van der Waals surface area (Å²) in [6.07, 6.45) is 1.06. The van der Waals surface area contributed by atoms with Crippen LogP contribution in [0, 0.1) is 13.8 Å². The van der Waals surface area contributed by atoms with Crippen LogP contribution in [-0.4, -0.2) is 23.9 Å². The molecule has 0 saturated carbocycles. The van der Waals surface area contributed by atoms with Crippen molar-refractivity contribution in [3.8, 4) is 0 Å². The van der Waals surface area contributed by atoms with Crippen molar-refractivity contribution >= 4 is 22.9 Å². The Kier molecular flexibility index (Phi) is 4.08. The Balaban J connectivity index is 1.60. The lowest BCUT2D eigenvalue weighted by Crippen LogP contribution is -2.36. The van der Waals surface area contributed by atoms with Crippen molar-refractivity contribution < 1.29 is 4.79 Å². The summed E-state index contributed by atoms with van der Waals surface area (Å²) in [5.41, 5.74) is 4.62. The Morgan fingerprint density at radius 2 is 2.05 bits per heavy atom. The summed E-state index contributed by atoms with van der Waals surface area (Å²) in [6.45, 7) is 6.41. The van der Waals surface area contributed by atoms with Crippen LogP contribution in [0.5, 0.6) is 0 Å². The largest absolute Gasteiger partial charge is 0.325 e. The SMILES string of the molecule is Cc1cc(C)cc(NC(=O)CN2CCc3sccc3C2)c1. The average molecular weight is 300 g/mol. The molecule has 2 aromatic rings. The quantitative estimate of drug-likeness (QED) is 0.942. The van der Waals surface area contributed by atoms with Gasteiger partial charge in [0.05, 0.1) is 6.54 Å². The van der Waals surface area contributed by atoms with Crippen LogP contribution in [0.1, 0.15) is 21.6 Å². The molecule has 0 spiro atoms. The molecule has 1 amide bonds. The van der Waals surface area contributed by atoms with E-state index in [0.717, 1.165) is 25.2 Å². The zero-order valence-electron chi connectivity index (χ0n) is 12.5. The molecule has 1 aliphatic heterocycles. The monoisotopic (exact) mass is 300 g/mol. The minimum atomic E-state index is 0.0682.